The number of halogens is 2. The fraction of sp³-hybridized carbons (Fsp3) is 0.467. The molecule has 2 aromatic carbocycles. The molecule has 0 saturated carbocycles. The fourth-order valence-electron chi connectivity index (χ4n) is 6.97. The summed E-state index contributed by atoms with van der Waals surface area (Å²) in [5.41, 5.74) is 1.79. The van der Waals surface area contributed by atoms with E-state index in [2.05, 4.69) is 10.3 Å². The normalized spacial score (nSPS) is 25.2. The van der Waals surface area contributed by atoms with E-state index >= 15 is 4.11 Å². The predicted octanol–water partition coefficient (Wildman–Crippen LogP) is 4.84. The summed E-state index contributed by atoms with van der Waals surface area (Å²) in [6.07, 6.45) is 1.72. The number of anilines is 2. The molecule has 3 aromatic rings. The van der Waals surface area contributed by atoms with Crippen LogP contribution in [0.4, 0.5) is 20.3 Å². The first-order valence-corrected chi connectivity index (χ1v) is 17.9. The molecule has 2 amide bonds. The number of carbonyl (C=O) groups is 2. The van der Waals surface area contributed by atoms with Gasteiger partial charge in [-0.1, -0.05) is 35.9 Å². The molecule has 1 spiro atoms. The number of fused-ring (bicyclic) bond motifs is 2. The highest BCUT2D eigenvalue weighted by molar-refractivity contribution is 6.72. The van der Waals surface area contributed by atoms with Gasteiger partial charge in [-0.2, -0.15) is 0 Å². The predicted molar refractivity (Wildman–Crippen MR) is 161 cm³/mol. The lowest BCUT2D eigenvalue weighted by Gasteiger charge is -2.31. The monoisotopic (exact) mass is 627 g/mol. The molecule has 4 heterocycles. The van der Waals surface area contributed by atoms with Gasteiger partial charge in [-0.15, -0.1) is 5.10 Å². The third-order valence-electron chi connectivity index (χ3n) is 8.87. The maximum Gasteiger partial charge on any atom is 0.414 e. The Bertz CT molecular complexity index is 1530. The first-order valence-electron chi connectivity index (χ1n) is 14.5. The molecule has 10 nitrogen and oxygen atoms in total. The van der Waals surface area contributed by atoms with E-state index in [0.29, 0.717) is 54.5 Å². The number of aliphatic hydroxyl groups is 1. The zero-order valence-electron chi connectivity index (χ0n) is 24.4. The molecule has 3 aliphatic heterocycles. The average Bonchev–Trinajstić information content (AvgIpc) is 3.71. The number of nitrogens with zero attached hydrogens (tertiary/aromatic N) is 5. The van der Waals surface area contributed by atoms with Crippen molar-refractivity contribution in [1.29, 1.82) is 0 Å². The largest absolute Gasteiger partial charge is 0.447 e. The number of benzene rings is 2. The van der Waals surface area contributed by atoms with Crippen LogP contribution in [0.25, 0.3) is 0 Å². The number of cyclic esters (lactones) is 1. The number of rotatable bonds is 9. The van der Waals surface area contributed by atoms with Gasteiger partial charge < -0.3 is 23.6 Å². The summed E-state index contributed by atoms with van der Waals surface area (Å²) in [4.78, 5) is 29.8. The van der Waals surface area contributed by atoms with Gasteiger partial charge in [0.25, 0.3) is 5.91 Å². The van der Waals surface area contributed by atoms with Crippen molar-refractivity contribution < 1.29 is 28.3 Å². The Kier molecular flexibility index (Phi) is 7.82. The average molecular weight is 628 g/mol. The van der Waals surface area contributed by atoms with Crippen LogP contribution in [0.2, 0.25) is 23.7 Å². The van der Waals surface area contributed by atoms with Crippen molar-refractivity contribution in [3.05, 3.63) is 70.5 Å². The number of aryl methyl sites for hydroxylation is 1. The molecular formula is C30H35ClFN5O5Si. The summed E-state index contributed by atoms with van der Waals surface area (Å²) >= 11 is 6.48. The molecule has 2 fully saturated rings. The number of carbonyl (C=O) groups excluding carboxylic acids is 2. The van der Waals surface area contributed by atoms with Crippen LogP contribution in [0.15, 0.2) is 48.7 Å². The maximum absolute atomic E-state index is 16.1. The lowest BCUT2D eigenvalue weighted by molar-refractivity contribution is -0.146. The van der Waals surface area contributed by atoms with Gasteiger partial charge in [0.15, 0.2) is 5.60 Å². The smallest absolute Gasteiger partial charge is 0.414 e. The van der Waals surface area contributed by atoms with Gasteiger partial charge in [0.1, 0.15) is 6.61 Å². The number of hydrogen-bond acceptors (Lipinski definition) is 7. The third-order valence-corrected chi connectivity index (χ3v) is 11.6. The summed E-state index contributed by atoms with van der Waals surface area (Å²) in [5, 5.41) is 17.9. The SMILES string of the molecule is C[C@@H]1[C@@H]([Si](C)(C)F)[C@H](CCn2cc(CCO)nn2)O[C@@]12C(=O)N(Cc1ccc(N3CCOC3=O)cc1)c1ccc(Cl)cc12. The van der Waals surface area contributed by atoms with E-state index in [0.717, 1.165) is 11.3 Å². The molecule has 1 N–H and O–H groups in total. The molecule has 0 aliphatic carbocycles. The van der Waals surface area contributed by atoms with Gasteiger partial charge in [0.2, 0.25) is 8.41 Å². The highest BCUT2D eigenvalue weighted by atomic mass is 35.5. The minimum absolute atomic E-state index is 0.0218. The van der Waals surface area contributed by atoms with Crippen LogP contribution >= 0.6 is 11.6 Å². The van der Waals surface area contributed by atoms with Crippen LogP contribution in [0, 0.1) is 5.92 Å². The van der Waals surface area contributed by atoms with E-state index in [1.165, 1.54) is 0 Å². The molecule has 1 aromatic heterocycles. The van der Waals surface area contributed by atoms with E-state index in [1.807, 2.05) is 37.3 Å². The van der Waals surface area contributed by atoms with Crippen molar-refractivity contribution in [1.82, 2.24) is 15.0 Å². The third kappa shape index (κ3) is 5.24. The Balaban J connectivity index is 1.30. The van der Waals surface area contributed by atoms with Gasteiger partial charge in [0, 0.05) is 53.5 Å². The van der Waals surface area contributed by atoms with E-state index in [1.54, 1.807) is 45.9 Å². The lowest BCUT2D eigenvalue weighted by atomic mass is 9.82. The topological polar surface area (TPSA) is 110 Å². The molecule has 6 rings (SSSR count). The van der Waals surface area contributed by atoms with Crippen LogP contribution in [-0.4, -0.2) is 66.4 Å². The summed E-state index contributed by atoms with van der Waals surface area (Å²) in [6.45, 7) is 6.80. The summed E-state index contributed by atoms with van der Waals surface area (Å²) < 4.78 is 29.6. The summed E-state index contributed by atoms with van der Waals surface area (Å²) in [5.74, 6) is -0.677. The van der Waals surface area contributed by atoms with Crippen LogP contribution < -0.4 is 9.80 Å². The summed E-state index contributed by atoms with van der Waals surface area (Å²) in [7, 11) is -3.32. The second-order valence-electron chi connectivity index (χ2n) is 12.0. The van der Waals surface area contributed by atoms with Crippen molar-refractivity contribution >= 4 is 43.4 Å². The number of aliphatic hydroxyl groups excluding tert-OH is 1. The molecule has 2 saturated heterocycles. The van der Waals surface area contributed by atoms with Gasteiger partial charge in [-0.3, -0.25) is 14.4 Å². The number of aromatic nitrogens is 3. The van der Waals surface area contributed by atoms with E-state index in [4.69, 9.17) is 21.1 Å². The zero-order chi connectivity index (χ0) is 30.5. The highest BCUT2D eigenvalue weighted by Crippen LogP contribution is 2.60. The number of hydrogen-bond donors (Lipinski definition) is 1. The van der Waals surface area contributed by atoms with Crippen LogP contribution in [-0.2, 0) is 39.4 Å². The number of amides is 2. The van der Waals surface area contributed by atoms with Gasteiger partial charge in [-0.05, 0) is 55.4 Å². The lowest BCUT2D eigenvalue weighted by Crippen LogP contribution is -2.45. The molecule has 4 atom stereocenters. The van der Waals surface area contributed by atoms with Crippen molar-refractivity contribution in [2.75, 3.05) is 29.6 Å². The molecular weight excluding hydrogens is 593 g/mol. The second kappa shape index (κ2) is 11.3. The Morgan fingerprint density at radius 1 is 1.19 bits per heavy atom. The molecule has 0 radical (unpaired) electrons. The Labute approximate surface area is 255 Å². The zero-order valence-corrected chi connectivity index (χ0v) is 26.1. The highest BCUT2D eigenvalue weighted by Gasteiger charge is 2.66. The Morgan fingerprint density at radius 2 is 1.95 bits per heavy atom. The van der Waals surface area contributed by atoms with Crippen LogP contribution in [0.3, 0.4) is 0 Å². The van der Waals surface area contributed by atoms with Crippen LogP contribution in [0.1, 0.15) is 30.2 Å². The number of ether oxygens (including phenoxy) is 2. The van der Waals surface area contributed by atoms with E-state index in [-0.39, 0.29) is 25.2 Å². The minimum atomic E-state index is -3.32. The van der Waals surface area contributed by atoms with Crippen molar-refractivity contribution in [2.24, 2.45) is 5.92 Å². The van der Waals surface area contributed by atoms with Gasteiger partial charge >= 0.3 is 6.09 Å². The van der Waals surface area contributed by atoms with Crippen LogP contribution in [0.5, 0.6) is 0 Å². The van der Waals surface area contributed by atoms with Crippen molar-refractivity contribution in [3.63, 3.8) is 0 Å². The molecule has 43 heavy (non-hydrogen) atoms. The maximum atomic E-state index is 16.1. The minimum Gasteiger partial charge on any atom is -0.447 e. The standard InChI is InChI=1S/C30H35ClFN5O5Si/c1-19-27(43(2,3)32)26(10-12-35-18-22(11-14-38)33-34-35)42-30(19)24-16-21(31)6-9-25(24)37(28(30)39)17-20-4-7-23(8-5-20)36-13-15-41-29(36)40/h4-9,16,18-19,26-27,38H,10-15,17H2,1-3H3/t19-,26+,27-,30+/m1/s1. The van der Waals surface area contributed by atoms with Crippen molar-refractivity contribution in [2.45, 2.75) is 63.2 Å². The Hall–Kier alpha value is -3.32. The van der Waals surface area contributed by atoms with Gasteiger partial charge in [0.05, 0.1) is 30.6 Å². The van der Waals surface area contributed by atoms with E-state index in [9.17, 15) is 14.7 Å². The molecule has 228 valence electrons. The van der Waals surface area contributed by atoms with Gasteiger partial charge in [-0.25, -0.2) is 4.79 Å². The first-order chi connectivity index (χ1) is 20.5. The second-order valence-corrected chi connectivity index (χ2v) is 16.2. The molecule has 0 bridgehead atoms. The summed E-state index contributed by atoms with van der Waals surface area (Å²) in [6, 6.07) is 12.8. The van der Waals surface area contributed by atoms with Crippen molar-refractivity contribution in [3.8, 4) is 0 Å². The quantitative estimate of drug-likeness (QED) is 0.267. The van der Waals surface area contributed by atoms with E-state index < -0.39 is 31.6 Å². The fourth-order valence-corrected chi connectivity index (χ4v) is 9.69. The molecule has 0 unspecified atom stereocenters. The first kappa shape index (κ1) is 29.7. The molecule has 3 aliphatic rings. The Morgan fingerprint density at radius 3 is 2.63 bits per heavy atom. The molecule has 13 heteroatoms.